The number of amides is 1. The van der Waals surface area contributed by atoms with Crippen molar-refractivity contribution in [1.82, 2.24) is 14.9 Å². The summed E-state index contributed by atoms with van der Waals surface area (Å²) < 4.78 is 6.36. The zero-order chi connectivity index (χ0) is 17.6. The molecule has 0 aromatic carbocycles. The molecule has 0 aliphatic carbocycles. The van der Waals surface area contributed by atoms with Crippen molar-refractivity contribution in [2.24, 2.45) is 0 Å². The minimum Gasteiger partial charge on any atom is -0.391 e. The van der Waals surface area contributed by atoms with Gasteiger partial charge in [0.25, 0.3) is 5.91 Å². The van der Waals surface area contributed by atoms with Gasteiger partial charge in [0, 0.05) is 25.0 Å². The Morgan fingerprint density at radius 1 is 1.44 bits per heavy atom. The number of aliphatic hydroxyl groups is 1. The average Bonchev–Trinajstić information content (AvgIpc) is 3.20. The van der Waals surface area contributed by atoms with Crippen LogP contribution in [0.1, 0.15) is 23.7 Å². The van der Waals surface area contributed by atoms with Gasteiger partial charge in [-0.1, -0.05) is 0 Å². The van der Waals surface area contributed by atoms with E-state index in [0.717, 1.165) is 17.1 Å². The van der Waals surface area contributed by atoms with Gasteiger partial charge in [-0.25, -0.2) is 4.98 Å². The summed E-state index contributed by atoms with van der Waals surface area (Å²) in [5.74, 6) is 0.648. The van der Waals surface area contributed by atoms with Gasteiger partial charge in [-0.3, -0.25) is 4.79 Å². The minimum absolute atomic E-state index is 0.112. The number of ether oxygens (including phenoxy) is 1. The van der Waals surface area contributed by atoms with E-state index in [9.17, 15) is 9.90 Å². The van der Waals surface area contributed by atoms with Gasteiger partial charge in [-0.2, -0.15) is 4.98 Å². The maximum atomic E-state index is 12.8. The van der Waals surface area contributed by atoms with Crippen LogP contribution in [0.4, 0.5) is 5.82 Å². The lowest BCUT2D eigenvalue weighted by molar-refractivity contribution is 0.0767. The van der Waals surface area contributed by atoms with E-state index in [1.807, 2.05) is 5.38 Å². The van der Waals surface area contributed by atoms with Gasteiger partial charge >= 0.3 is 0 Å². The highest BCUT2D eigenvalue weighted by atomic mass is 35.5. The van der Waals surface area contributed by atoms with Crippen LogP contribution in [-0.2, 0) is 4.74 Å². The van der Waals surface area contributed by atoms with Crippen molar-refractivity contribution >= 4 is 44.9 Å². The fourth-order valence-corrected chi connectivity index (χ4v) is 4.51. The minimum atomic E-state index is -0.447. The van der Waals surface area contributed by atoms with Crippen LogP contribution in [0.2, 0.25) is 5.28 Å². The molecule has 25 heavy (non-hydrogen) atoms. The fourth-order valence-electron chi connectivity index (χ4n) is 3.36. The third-order valence-corrected chi connectivity index (χ3v) is 5.83. The highest BCUT2D eigenvalue weighted by Gasteiger charge is 2.30. The highest BCUT2D eigenvalue weighted by molar-refractivity contribution is 7.18. The molecule has 2 aliphatic rings. The number of fused-ring (bicyclic) bond motifs is 1. The molecule has 1 N–H and O–H groups in total. The van der Waals surface area contributed by atoms with Crippen LogP contribution < -0.4 is 4.90 Å². The maximum absolute atomic E-state index is 12.8. The summed E-state index contributed by atoms with van der Waals surface area (Å²) in [6.07, 6.45) is 0.164. The molecular formula is C16H19ClN4O3S. The van der Waals surface area contributed by atoms with Crippen molar-refractivity contribution in [2.75, 3.05) is 37.7 Å². The standard InChI is InChI=1S/C16H19ClN4O3S/c1-9-7-24-5-4-21(9)14-13-12(18-16(17)19-14)11(8-25-13)15(23)20-3-2-10(22)6-20/h8-10,22H,2-7H2,1H3/t9-,10-/m1/s1. The van der Waals surface area contributed by atoms with Crippen LogP contribution in [0.25, 0.3) is 10.2 Å². The largest absolute Gasteiger partial charge is 0.391 e. The first kappa shape index (κ1) is 17.0. The Labute approximate surface area is 154 Å². The molecule has 0 radical (unpaired) electrons. The molecule has 2 aromatic rings. The van der Waals surface area contributed by atoms with E-state index >= 15 is 0 Å². The predicted molar refractivity (Wildman–Crippen MR) is 96.6 cm³/mol. The van der Waals surface area contributed by atoms with Gasteiger partial charge in [0.15, 0.2) is 5.82 Å². The Hall–Kier alpha value is -1.48. The van der Waals surface area contributed by atoms with E-state index < -0.39 is 6.10 Å². The van der Waals surface area contributed by atoms with Gasteiger partial charge in [-0.05, 0) is 24.9 Å². The Kier molecular flexibility index (Phi) is 4.53. The van der Waals surface area contributed by atoms with Crippen molar-refractivity contribution in [3.05, 3.63) is 16.2 Å². The number of β-amino-alcohol motifs (C(OH)–C–C–N with tert-alkyl or cyclic N) is 1. The molecule has 134 valence electrons. The van der Waals surface area contributed by atoms with E-state index in [4.69, 9.17) is 16.3 Å². The molecule has 2 aromatic heterocycles. The summed E-state index contributed by atoms with van der Waals surface area (Å²) in [6.45, 7) is 4.99. The Balaban J connectivity index is 1.75. The van der Waals surface area contributed by atoms with E-state index in [-0.39, 0.29) is 17.2 Å². The highest BCUT2D eigenvalue weighted by Crippen LogP contribution is 2.35. The number of morpholine rings is 1. The molecule has 9 heteroatoms. The smallest absolute Gasteiger partial charge is 0.257 e. The second kappa shape index (κ2) is 6.68. The molecular weight excluding hydrogens is 364 g/mol. The van der Waals surface area contributed by atoms with Crippen LogP contribution in [0.3, 0.4) is 0 Å². The zero-order valence-corrected chi connectivity index (χ0v) is 15.4. The number of aromatic nitrogens is 2. The molecule has 0 bridgehead atoms. The zero-order valence-electron chi connectivity index (χ0n) is 13.8. The number of carbonyl (C=O) groups excluding carboxylic acids is 1. The molecule has 7 nitrogen and oxygen atoms in total. The Morgan fingerprint density at radius 3 is 3.00 bits per heavy atom. The summed E-state index contributed by atoms with van der Waals surface area (Å²) in [5.41, 5.74) is 1.12. The van der Waals surface area contributed by atoms with Crippen LogP contribution in [0, 0.1) is 0 Å². The summed E-state index contributed by atoms with van der Waals surface area (Å²) in [4.78, 5) is 25.4. The number of rotatable bonds is 2. The lowest BCUT2D eigenvalue weighted by Crippen LogP contribution is -2.44. The third kappa shape index (κ3) is 3.08. The maximum Gasteiger partial charge on any atom is 0.257 e. The molecule has 0 spiro atoms. The molecule has 2 atom stereocenters. The quantitative estimate of drug-likeness (QED) is 0.797. The number of hydrogen-bond acceptors (Lipinski definition) is 7. The number of nitrogens with zero attached hydrogens (tertiary/aromatic N) is 4. The molecule has 2 fully saturated rings. The molecule has 2 saturated heterocycles. The molecule has 0 saturated carbocycles. The topological polar surface area (TPSA) is 78.8 Å². The first-order valence-corrected chi connectivity index (χ1v) is 9.57. The molecule has 4 rings (SSSR count). The first-order chi connectivity index (χ1) is 12.0. The number of aliphatic hydroxyl groups excluding tert-OH is 1. The molecule has 1 amide bonds. The van der Waals surface area contributed by atoms with E-state index in [1.165, 1.54) is 11.3 Å². The van der Waals surface area contributed by atoms with Crippen molar-refractivity contribution in [2.45, 2.75) is 25.5 Å². The number of anilines is 1. The summed E-state index contributed by atoms with van der Waals surface area (Å²) in [7, 11) is 0. The van der Waals surface area contributed by atoms with Crippen molar-refractivity contribution < 1.29 is 14.6 Å². The third-order valence-electron chi connectivity index (χ3n) is 4.69. The number of likely N-dealkylation sites (tertiary alicyclic amines) is 1. The van der Waals surface area contributed by atoms with E-state index in [1.54, 1.807) is 4.90 Å². The first-order valence-electron chi connectivity index (χ1n) is 8.31. The molecule has 0 unspecified atom stereocenters. The lowest BCUT2D eigenvalue weighted by atomic mass is 10.2. The second-order valence-electron chi connectivity index (χ2n) is 6.45. The van der Waals surface area contributed by atoms with Gasteiger partial charge < -0.3 is 19.6 Å². The fraction of sp³-hybridized carbons (Fsp3) is 0.562. The number of carbonyl (C=O) groups is 1. The van der Waals surface area contributed by atoms with Crippen molar-refractivity contribution in [1.29, 1.82) is 0 Å². The Bertz CT molecular complexity index is 814. The van der Waals surface area contributed by atoms with Crippen molar-refractivity contribution in [3.63, 3.8) is 0 Å². The molecule has 2 aliphatic heterocycles. The lowest BCUT2D eigenvalue weighted by Gasteiger charge is -2.34. The SMILES string of the molecule is C[C@@H]1COCCN1c1nc(Cl)nc2c(C(=O)N3CC[C@@H](O)C3)csc12. The summed E-state index contributed by atoms with van der Waals surface area (Å²) >= 11 is 7.62. The number of hydrogen-bond donors (Lipinski definition) is 1. The number of halogens is 1. The summed E-state index contributed by atoms with van der Waals surface area (Å²) in [6, 6.07) is 0.179. The second-order valence-corrected chi connectivity index (χ2v) is 7.67. The van der Waals surface area contributed by atoms with E-state index in [0.29, 0.717) is 43.8 Å². The normalized spacial score (nSPS) is 24.3. The van der Waals surface area contributed by atoms with Gasteiger partial charge in [-0.15, -0.1) is 11.3 Å². The van der Waals surface area contributed by atoms with Crippen LogP contribution in [0.5, 0.6) is 0 Å². The van der Waals surface area contributed by atoms with E-state index in [2.05, 4.69) is 21.8 Å². The van der Waals surface area contributed by atoms with Gasteiger partial charge in [0.2, 0.25) is 5.28 Å². The summed E-state index contributed by atoms with van der Waals surface area (Å²) in [5, 5.41) is 11.6. The van der Waals surface area contributed by atoms with Gasteiger partial charge in [0.05, 0.1) is 35.6 Å². The van der Waals surface area contributed by atoms with Crippen LogP contribution in [-0.4, -0.2) is 70.9 Å². The number of thiophene rings is 1. The van der Waals surface area contributed by atoms with Crippen molar-refractivity contribution in [3.8, 4) is 0 Å². The Morgan fingerprint density at radius 2 is 2.28 bits per heavy atom. The van der Waals surface area contributed by atoms with Crippen LogP contribution in [0.15, 0.2) is 5.38 Å². The van der Waals surface area contributed by atoms with Crippen LogP contribution >= 0.6 is 22.9 Å². The monoisotopic (exact) mass is 382 g/mol. The average molecular weight is 383 g/mol. The predicted octanol–water partition coefficient (Wildman–Crippen LogP) is 1.78. The van der Waals surface area contributed by atoms with Gasteiger partial charge in [0.1, 0.15) is 5.52 Å². The molecule has 4 heterocycles.